The van der Waals surface area contributed by atoms with Gasteiger partial charge in [-0.15, -0.1) is 0 Å². The van der Waals surface area contributed by atoms with Gasteiger partial charge in [0, 0.05) is 18.2 Å². The molecule has 1 aromatic carbocycles. The van der Waals surface area contributed by atoms with E-state index in [2.05, 4.69) is 0 Å². The monoisotopic (exact) mass is 414 g/mol. The molecule has 3 rings (SSSR count). The summed E-state index contributed by atoms with van der Waals surface area (Å²) in [4.78, 5) is 26.5. The summed E-state index contributed by atoms with van der Waals surface area (Å²) in [6.45, 7) is 3.72. The Kier molecular flexibility index (Phi) is 5.06. The van der Waals surface area contributed by atoms with Crippen LogP contribution in [-0.4, -0.2) is 63.4 Å². The molecule has 2 aliphatic heterocycles. The van der Waals surface area contributed by atoms with E-state index in [9.17, 15) is 26.4 Å². The minimum atomic E-state index is -3.70. The van der Waals surface area contributed by atoms with Gasteiger partial charge in [0.1, 0.15) is 0 Å². The number of carbonyl (C=O) groups is 2. The van der Waals surface area contributed by atoms with Gasteiger partial charge in [0.25, 0.3) is 5.91 Å². The van der Waals surface area contributed by atoms with Crippen LogP contribution in [0.4, 0.5) is 5.69 Å². The first-order chi connectivity index (χ1) is 12.6. The second-order valence-corrected chi connectivity index (χ2v) is 11.1. The lowest BCUT2D eigenvalue weighted by molar-refractivity contribution is -0.119. The Morgan fingerprint density at radius 1 is 1.15 bits per heavy atom. The highest BCUT2D eigenvalue weighted by Gasteiger charge is 2.42. The fourth-order valence-electron chi connectivity index (χ4n) is 3.58. The summed E-state index contributed by atoms with van der Waals surface area (Å²) in [5.41, 5.74) is 0.523. The van der Waals surface area contributed by atoms with E-state index in [-0.39, 0.29) is 34.9 Å². The van der Waals surface area contributed by atoms with Crippen LogP contribution in [0.15, 0.2) is 24.3 Å². The fraction of sp³-hybridized carbons (Fsp3) is 0.529. The largest absolute Gasteiger partial charge is 0.335 e. The summed E-state index contributed by atoms with van der Waals surface area (Å²) in [6.07, 6.45) is 0.415. The molecule has 2 unspecified atom stereocenters. The van der Waals surface area contributed by atoms with E-state index < -0.39 is 31.7 Å². The van der Waals surface area contributed by atoms with Crippen molar-refractivity contribution in [3.8, 4) is 0 Å². The standard InChI is InChI=1S/C17H22N2O6S2/c1-3-18(15-8-9-26(22,23)11-15)17(21)13-4-6-14(7-5-13)19-16(20)12(2)10-27(19,24)25/h4-7,12,15H,3,8-11H2,1-2H3. The van der Waals surface area contributed by atoms with Crippen LogP contribution in [0.5, 0.6) is 0 Å². The predicted octanol–water partition coefficient (Wildman–Crippen LogP) is 0.648. The van der Waals surface area contributed by atoms with Gasteiger partial charge in [0.15, 0.2) is 9.84 Å². The number of nitrogens with zero attached hydrogens (tertiary/aromatic N) is 2. The SMILES string of the molecule is CCN(C(=O)c1ccc(N2C(=O)C(C)CS2(=O)=O)cc1)C1CCS(=O)(=O)C1. The van der Waals surface area contributed by atoms with Crippen molar-refractivity contribution in [2.75, 3.05) is 28.1 Å². The number of anilines is 1. The Morgan fingerprint density at radius 2 is 1.78 bits per heavy atom. The Labute approximate surface area is 159 Å². The highest BCUT2D eigenvalue weighted by molar-refractivity contribution is 7.94. The van der Waals surface area contributed by atoms with Crippen molar-refractivity contribution in [2.45, 2.75) is 26.3 Å². The van der Waals surface area contributed by atoms with Crippen LogP contribution in [0.25, 0.3) is 0 Å². The zero-order valence-electron chi connectivity index (χ0n) is 15.2. The number of benzene rings is 1. The van der Waals surface area contributed by atoms with Crippen LogP contribution in [0.3, 0.4) is 0 Å². The number of hydrogen-bond acceptors (Lipinski definition) is 6. The first-order valence-corrected chi connectivity index (χ1v) is 12.2. The quantitative estimate of drug-likeness (QED) is 0.716. The number of carbonyl (C=O) groups excluding carboxylic acids is 2. The van der Waals surface area contributed by atoms with E-state index in [0.717, 1.165) is 4.31 Å². The fourth-order valence-corrected chi connectivity index (χ4v) is 7.13. The number of rotatable bonds is 4. The molecule has 1 aromatic rings. The Morgan fingerprint density at radius 3 is 2.22 bits per heavy atom. The maximum Gasteiger partial charge on any atom is 0.254 e. The van der Waals surface area contributed by atoms with Gasteiger partial charge in [-0.05, 0) is 37.6 Å². The molecule has 10 heteroatoms. The van der Waals surface area contributed by atoms with Crippen molar-refractivity contribution in [1.29, 1.82) is 0 Å². The first kappa shape index (κ1) is 19.8. The van der Waals surface area contributed by atoms with Gasteiger partial charge < -0.3 is 4.90 Å². The molecule has 0 spiro atoms. The molecular formula is C17H22N2O6S2. The maximum atomic E-state index is 12.8. The van der Waals surface area contributed by atoms with Gasteiger partial charge in [-0.25, -0.2) is 21.1 Å². The molecule has 148 valence electrons. The van der Waals surface area contributed by atoms with Crippen LogP contribution in [0.1, 0.15) is 30.6 Å². The molecule has 2 heterocycles. The van der Waals surface area contributed by atoms with Crippen molar-refractivity contribution in [3.63, 3.8) is 0 Å². The predicted molar refractivity (Wildman–Crippen MR) is 101 cm³/mol. The third-order valence-corrected chi connectivity index (χ3v) is 8.58. The molecule has 27 heavy (non-hydrogen) atoms. The minimum absolute atomic E-state index is 0.0386. The molecular weight excluding hydrogens is 392 g/mol. The van der Waals surface area contributed by atoms with Crippen LogP contribution in [-0.2, 0) is 24.7 Å². The molecule has 2 fully saturated rings. The van der Waals surface area contributed by atoms with Gasteiger partial charge >= 0.3 is 0 Å². The second-order valence-electron chi connectivity index (χ2n) is 6.98. The summed E-state index contributed by atoms with van der Waals surface area (Å²) in [7, 11) is -6.81. The van der Waals surface area contributed by atoms with E-state index in [1.165, 1.54) is 29.2 Å². The Bertz CT molecular complexity index is 969. The van der Waals surface area contributed by atoms with E-state index >= 15 is 0 Å². The van der Waals surface area contributed by atoms with Gasteiger partial charge in [-0.3, -0.25) is 9.59 Å². The average Bonchev–Trinajstić information content (AvgIpc) is 3.04. The highest BCUT2D eigenvalue weighted by Crippen LogP contribution is 2.29. The molecule has 2 saturated heterocycles. The van der Waals surface area contributed by atoms with Crippen molar-refractivity contribution in [2.24, 2.45) is 5.92 Å². The average molecular weight is 415 g/mol. The van der Waals surface area contributed by atoms with E-state index in [4.69, 9.17) is 0 Å². The first-order valence-electron chi connectivity index (χ1n) is 8.74. The third-order valence-electron chi connectivity index (χ3n) is 4.96. The molecule has 0 bridgehead atoms. The van der Waals surface area contributed by atoms with Crippen LogP contribution in [0, 0.1) is 5.92 Å². The molecule has 0 aromatic heterocycles. The van der Waals surface area contributed by atoms with Crippen LogP contribution >= 0.6 is 0 Å². The maximum absolute atomic E-state index is 12.8. The number of amides is 2. The van der Waals surface area contributed by atoms with Crippen LogP contribution < -0.4 is 4.31 Å². The molecule has 2 amide bonds. The summed E-state index contributed by atoms with van der Waals surface area (Å²) in [5, 5.41) is 0. The lowest BCUT2D eigenvalue weighted by Crippen LogP contribution is -2.41. The third kappa shape index (κ3) is 3.73. The molecule has 0 radical (unpaired) electrons. The molecule has 2 atom stereocenters. The summed E-state index contributed by atoms with van der Waals surface area (Å²) >= 11 is 0. The summed E-state index contributed by atoms with van der Waals surface area (Å²) in [6, 6.07) is 5.44. The van der Waals surface area contributed by atoms with Gasteiger partial charge in [0.05, 0.1) is 28.9 Å². The topological polar surface area (TPSA) is 109 Å². The second kappa shape index (κ2) is 6.90. The Balaban J connectivity index is 1.82. The van der Waals surface area contributed by atoms with Crippen molar-refractivity contribution in [1.82, 2.24) is 4.90 Å². The normalized spacial score (nSPS) is 26.3. The lowest BCUT2D eigenvalue weighted by atomic mass is 10.1. The van der Waals surface area contributed by atoms with E-state index in [0.29, 0.717) is 18.5 Å². The molecule has 0 saturated carbocycles. The zero-order chi connectivity index (χ0) is 20.0. The molecule has 0 aliphatic carbocycles. The van der Waals surface area contributed by atoms with Crippen molar-refractivity contribution < 1.29 is 26.4 Å². The lowest BCUT2D eigenvalue weighted by Gasteiger charge is -2.27. The smallest absolute Gasteiger partial charge is 0.254 e. The van der Waals surface area contributed by atoms with Gasteiger partial charge in [-0.1, -0.05) is 6.92 Å². The Hall–Kier alpha value is -1.94. The summed E-state index contributed by atoms with van der Waals surface area (Å²) < 4.78 is 48.5. The molecule has 0 N–H and O–H groups in total. The van der Waals surface area contributed by atoms with Crippen molar-refractivity contribution in [3.05, 3.63) is 29.8 Å². The summed E-state index contributed by atoms with van der Waals surface area (Å²) in [5.74, 6) is -1.59. The number of sulfone groups is 1. The van der Waals surface area contributed by atoms with Crippen LogP contribution in [0.2, 0.25) is 0 Å². The number of hydrogen-bond donors (Lipinski definition) is 0. The van der Waals surface area contributed by atoms with E-state index in [1.54, 1.807) is 13.8 Å². The van der Waals surface area contributed by atoms with Gasteiger partial charge in [0.2, 0.25) is 15.9 Å². The zero-order valence-corrected chi connectivity index (χ0v) is 16.8. The molecule has 2 aliphatic rings. The molecule has 8 nitrogen and oxygen atoms in total. The highest BCUT2D eigenvalue weighted by atomic mass is 32.2. The van der Waals surface area contributed by atoms with Crippen molar-refractivity contribution >= 4 is 37.4 Å². The van der Waals surface area contributed by atoms with E-state index in [1.807, 2.05) is 0 Å². The minimum Gasteiger partial charge on any atom is -0.335 e. The van der Waals surface area contributed by atoms with Gasteiger partial charge in [-0.2, -0.15) is 0 Å². The number of sulfonamides is 1.